The molecule has 2 atom stereocenters. The molecule has 1 fully saturated rings. The highest BCUT2D eigenvalue weighted by atomic mass is 79.9. The second-order valence-electron chi connectivity index (χ2n) is 4.80. The molecule has 20 heavy (non-hydrogen) atoms. The summed E-state index contributed by atoms with van der Waals surface area (Å²) in [6, 6.07) is 7.21. The van der Waals surface area contributed by atoms with Gasteiger partial charge < -0.3 is 9.64 Å². The molecule has 0 radical (unpaired) electrons. The molecular weight excluding hydrogens is 341 g/mol. The molecule has 1 aliphatic rings. The lowest BCUT2D eigenvalue weighted by molar-refractivity contribution is -0.146. The first-order valence-electron chi connectivity index (χ1n) is 6.15. The van der Waals surface area contributed by atoms with Gasteiger partial charge >= 0.3 is 5.97 Å². The SMILES string of the molecule is BC(=O)N1CSC(C)(c2ccc(Br)cc2)C1C(=O)OC. The Bertz CT molecular complexity index is 539. The van der Waals surface area contributed by atoms with Crippen LogP contribution >= 0.6 is 27.7 Å². The van der Waals surface area contributed by atoms with Crippen LogP contribution in [0.2, 0.25) is 0 Å². The van der Waals surface area contributed by atoms with Crippen molar-refractivity contribution in [3.05, 3.63) is 34.3 Å². The summed E-state index contributed by atoms with van der Waals surface area (Å²) in [6.45, 7) is 1.98. The Morgan fingerprint density at radius 1 is 1.45 bits per heavy atom. The Hall–Kier alpha value is -0.945. The molecule has 1 saturated heterocycles. The van der Waals surface area contributed by atoms with Gasteiger partial charge in [0, 0.05) is 4.47 Å². The van der Waals surface area contributed by atoms with E-state index < -0.39 is 10.8 Å². The van der Waals surface area contributed by atoms with E-state index in [4.69, 9.17) is 4.74 Å². The summed E-state index contributed by atoms with van der Waals surface area (Å²) in [4.78, 5) is 25.5. The molecule has 0 N–H and O–H groups in total. The van der Waals surface area contributed by atoms with Crippen LogP contribution in [0.5, 0.6) is 0 Å². The predicted molar refractivity (Wildman–Crippen MR) is 85.5 cm³/mol. The fourth-order valence-corrected chi connectivity index (χ4v) is 4.10. The fourth-order valence-electron chi connectivity index (χ4n) is 2.41. The van der Waals surface area contributed by atoms with Crippen LogP contribution in [0.25, 0.3) is 0 Å². The number of ether oxygens (including phenoxy) is 1. The van der Waals surface area contributed by atoms with Crippen LogP contribution in [0.1, 0.15) is 12.5 Å². The highest BCUT2D eigenvalue weighted by Gasteiger charge is 2.51. The summed E-state index contributed by atoms with van der Waals surface area (Å²) in [7, 11) is 2.83. The van der Waals surface area contributed by atoms with Gasteiger partial charge in [-0.15, -0.1) is 11.8 Å². The van der Waals surface area contributed by atoms with E-state index in [9.17, 15) is 9.59 Å². The normalized spacial score (nSPS) is 25.6. The van der Waals surface area contributed by atoms with E-state index in [1.165, 1.54) is 15.0 Å². The monoisotopic (exact) mass is 355 g/mol. The van der Waals surface area contributed by atoms with Gasteiger partial charge in [0.2, 0.25) is 7.85 Å². The van der Waals surface area contributed by atoms with Crippen molar-refractivity contribution in [3.8, 4) is 0 Å². The van der Waals surface area contributed by atoms with Gasteiger partial charge in [0.25, 0.3) is 0 Å². The van der Waals surface area contributed by atoms with Gasteiger partial charge in [0.05, 0.1) is 17.7 Å². The van der Waals surface area contributed by atoms with Crippen molar-refractivity contribution >= 4 is 47.3 Å². The summed E-state index contributed by atoms with van der Waals surface area (Å²) in [5.41, 5.74) is 1.00. The zero-order valence-corrected chi connectivity index (χ0v) is 14.0. The van der Waals surface area contributed by atoms with Crippen molar-refractivity contribution in [1.82, 2.24) is 4.90 Å². The molecule has 1 heterocycles. The lowest BCUT2D eigenvalue weighted by atomic mass is 9.90. The molecule has 1 aromatic rings. The van der Waals surface area contributed by atoms with Crippen molar-refractivity contribution in [2.75, 3.05) is 13.0 Å². The summed E-state index contributed by atoms with van der Waals surface area (Å²) >= 11 is 4.98. The number of carbonyl (C=O) groups is 2. The van der Waals surface area contributed by atoms with Crippen LogP contribution in [-0.4, -0.2) is 43.6 Å². The molecular formula is C13H15BBrNO3S. The number of esters is 1. The maximum atomic E-state index is 12.1. The number of rotatable bonds is 2. The number of methoxy groups -OCH3 is 1. The Morgan fingerprint density at radius 3 is 2.55 bits per heavy atom. The number of benzene rings is 1. The van der Waals surface area contributed by atoms with E-state index >= 15 is 0 Å². The smallest absolute Gasteiger partial charge is 0.330 e. The van der Waals surface area contributed by atoms with Crippen LogP contribution in [0.4, 0.5) is 4.79 Å². The fraction of sp³-hybridized carbons (Fsp3) is 0.385. The Labute approximate surface area is 131 Å². The molecule has 0 spiro atoms. The van der Waals surface area contributed by atoms with Crippen molar-refractivity contribution in [2.45, 2.75) is 17.7 Å². The minimum atomic E-state index is -0.601. The summed E-state index contributed by atoms with van der Waals surface area (Å²) in [6.07, 6.45) is 0. The molecule has 1 aliphatic heterocycles. The van der Waals surface area contributed by atoms with Crippen LogP contribution < -0.4 is 0 Å². The molecule has 0 aliphatic carbocycles. The quantitative estimate of drug-likeness (QED) is 0.601. The third kappa shape index (κ3) is 2.61. The molecule has 1 aromatic carbocycles. The highest BCUT2D eigenvalue weighted by molar-refractivity contribution is 9.10. The maximum Gasteiger partial charge on any atom is 0.330 e. The average Bonchev–Trinajstić information content (AvgIpc) is 2.77. The van der Waals surface area contributed by atoms with Crippen LogP contribution in [0, 0.1) is 0 Å². The maximum absolute atomic E-state index is 12.1. The van der Waals surface area contributed by atoms with Crippen molar-refractivity contribution in [2.24, 2.45) is 0 Å². The molecule has 106 valence electrons. The third-order valence-corrected chi connectivity index (χ3v) is 5.58. The molecule has 4 nitrogen and oxygen atoms in total. The Balaban J connectivity index is 2.44. The first-order chi connectivity index (χ1) is 9.40. The second-order valence-corrected chi connectivity index (χ2v) is 7.11. The lowest BCUT2D eigenvalue weighted by Crippen LogP contribution is -2.48. The minimum absolute atomic E-state index is 0.117. The van der Waals surface area contributed by atoms with Crippen LogP contribution in [-0.2, 0) is 14.3 Å². The number of hydrogen-bond acceptors (Lipinski definition) is 4. The number of halogens is 1. The Kier molecular flexibility index (Phi) is 4.49. The first-order valence-corrected chi connectivity index (χ1v) is 7.93. The van der Waals surface area contributed by atoms with Gasteiger partial charge in [-0.05, 0) is 24.6 Å². The van der Waals surface area contributed by atoms with E-state index in [0.717, 1.165) is 10.0 Å². The summed E-state index contributed by atoms with van der Waals surface area (Å²) < 4.78 is 5.38. The topological polar surface area (TPSA) is 46.6 Å². The zero-order valence-electron chi connectivity index (χ0n) is 11.6. The number of carbonyl (C=O) groups excluding carboxylic acids is 2. The number of nitrogens with zero attached hydrogens (tertiary/aromatic N) is 1. The molecule has 1 amide bonds. The number of amides is 1. The molecule has 0 bridgehead atoms. The van der Waals surface area contributed by atoms with Gasteiger partial charge in [-0.3, -0.25) is 4.79 Å². The standard InChI is InChI=1S/C13H15BBrNO3S/c1-13(8-3-5-9(15)6-4-8)10(11(17)19-2)16(7-20-13)12(14)18/h3-6,10H,7,14H2,1-2H3. The van der Waals surface area contributed by atoms with Gasteiger partial charge in [0.15, 0.2) is 5.81 Å². The van der Waals surface area contributed by atoms with Crippen molar-refractivity contribution < 1.29 is 14.3 Å². The predicted octanol–water partition coefficient (Wildman–Crippen LogP) is 1.97. The zero-order chi connectivity index (χ0) is 14.9. The molecule has 2 unspecified atom stereocenters. The molecule has 2 rings (SSSR count). The minimum Gasteiger partial charge on any atom is -0.467 e. The summed E-state index contributed by atoms with van der Waals surface area (Å²) in [5, 5.41) is 0. The highest BCUT2D eigenvalue weighted by Crippen LogP contribution is 2.48. The van der Waals surface area contributed by atoms with E-state index in [1.807, 2.05) is 31.2 Å². The van der Waals surface area contributed by atoms with Crippen LogP contribution in [0.15, 0.2) is 28.7 Å². The largest absolute Gasteiger partial charge is 0.467 e. The summed E-state index contributed by atoms with van der Waals surface area (Å²) in [5.74, 6) is -0.00821. The first kappa shape index (κ1) is 15.4. The van der Waals surface area contributed by atoms with Gasteiger partial charge in [-0.1, -0.05) is 28.1 Å². The Morgan fingerprint density at radius 2 is 2.05 bits per heavy atom. The van der Waals surface area contributed by atoms with E-state index in [1.54, 1.807) is 16.7 Å². The molecule has 0 aromatic heterocycles. The van der Waals surface area contributed by atoms with Crippen molar-refractivity contribution in [3.63, 3.8) is 0 Å². The average molecular weight is 356 g/mol. The second kappa shape index (κ2) is 5.81. The lowest BCUT2D eigenvalue weighted by Gasteiger charge is -2.32. The van der Waals surface area contributed by atoms with E-state index in [2.05, 4.69) is 15.9 Å². The third-order valence-electron chi connectivity index (χ3n) is 3.58. The van der Waals surface area contributed by atoms with E-state index in [-0.39, 0.29) is 11.8 Å². The van der Waals surface area contributed by atoms with Gasteiger partial charge in [0.1, 0.15) is 6.04 Å². The van der Waals surface area contributed by atoms with Gasteiger partial charge in [-0.2, -0.15) is 0 Å². The molecule has 7 heteroatoms. The van der Waals surface area contributed by atoms with Crippen LogP contribution in [0.3, 0.4) is 0 Å². The van der Waals surface area contributed by atoms with E-state index in [0.29, 0.717) is 5.88 Å². The van der Waals surface area contributed by atoms with Crippen molar-refractivity contribution in [1.29, 1.82) is 0 Å². The number of hydrogen-bond donors (Lipinski definition) is 0. The van der Waals surface area contributed by atoms with Gasteiger partial charge in [-0.25, -0.2) is 4.79 Å². The number of thioether (sulfide) groups is 1. The molecule has 0 saturated carbocycles.